The quantitative estimate of drug-likeness (QED) is 0.870. The molecule has 0 saturated heterocycles. The Bertz CT molecular complexity index is 499. The van der Waals surface area contributed by atoms with Gasteiger partial charge in [-0.3, -0.25) is 0 Å². The van der Waals surface area contributed by atoms with Crippen LogP contribution in [0.5, 0.6) is 0 Å². The van der Waals surface area contributed by atoms with Crippen molar-refractivity contribution in [3.63, 3.8) is 0 Å². The molecule has 0 amide bonds. The number of anilines is 1. The molecule has 16 heavy (non-hydrogen) atoms. The van der Waals surface area contributed by atoms with Gasteiger partial charge in [0.15, 0.2) is 5.82 Å². The van der Waals surface area contributed by atoms with E-state index in [1.807, 2.05) is 0 Å². The molecule has 0 aliphatic carbocycles. The number of nitrogens with one attached hydrogen (secondary N) is 1. The van der Waals surface area contributed by atoms with E-state index in [1.165, 1.54) is 0 Å². The summed E-state index contributed by atoms with van der Waals surface area (Å²) in [5, 5.41) is 6.30. The van der Waals surface area contributed by atoms with Crippen molar-refractivity contribution in [3.05, 3.63) is 41.5 Å². The standard InChI is InChI=1S/C10H9F2N3O/c1-6-14-10(15-16-6)5-13-9-4-7(11)2-3-8(9)12/h2-4,13H,5H2,1H3. The van der Waals surface area contributed by atoms with E-state index in [-0.39, 0.29) is 12.2 Å². The Kier molecular flexibility index (Phi) is 2.80. The second kappa shape index (κ2) is 4.26. The molecule has 0 bridgehead atoms. The van der Waals surface area contributed by atoms with E-state index in [0.717, 1.165) is 18.2 Å². The zero-order valence-corrected chi connectivity index (χ0v) is 8.50. The topological polar surface area (TPSA) is 51.0 Å². The number of hydrogen-bond donors (Lipinski definition) is 1. The predicted molar refractivity (Wildman–Crippen MR) is 52.7 cm³/mol. The van der Waals surface area contributed by atoms with Gasteiger partial charge in [-0.05, 0) is 18.2 Å². The van der Waals surface area contributed by atoms with Gasteiger partial charge in [0.2, 0.25) is 5.89 Å². The van der Waals surface area contributed by atoms with Crippen LogP contribution in [0.1, 0.15) is 11.7 Å². The van der Waals surface area contributed by atoms with Crippen molar-refractivity contribution in [2.45, 2.75) is 13.5 Å². The molecule has 4 nitrogen and oxygen atoms in total. The van der Waals surface area contributed by atoms with Crippen molar-refractivity contribution in [2.75, 3.05) is 5.32 Å². The van der Waals surface area contributed by atoms with Gasteiger partial charge >= 0.3 is 0 Å². The average Bonchev–Trinajstić information content (AvgIpc) is 2.66. The second-order valence-corrected chi connectivity index (χ2v) is 3.21. The van der Waals surface area contributed by atoms with Crippen LogP contribution in [0.4, 0.5) is 14.5 Å². The fraction of sp³-hybridized carbons (Fsp3) is 0.200. The number of rotatable bonds is 3. The summed E-state index contributed by atoms with van der Waals surface area (Å²) in [5.74, 6) is -0.215. The van der Waals surface area contributed by atoms with Crippen molar-refractivity contribution in [3.8, 4) is 0 Å². The molecule has 0 fully saturated rings. The highest BCUT2D eigenvalue weighted by molar-refractivity contribution is 5.44. The summed E-state index contributed by atoms with van der Waals surface area (Å²) in [6.07, 6.45) is 0. The Morgan fingerprint density at radius 1 is 1.38 bits per heavy atom. The highest BCUT2D eigenvalue weighted by Gasteiger charge is 2.06. The van der Waals surface area contributed by atoms with E-state index in [4.69, 9.17) is 4.52 Å². The van der Waals surface area contributed by atoms with Gasteiger partial charge in [0.25, 0.3) is 0 Å². The van der Waals surface area contributed by atoms with Crippen molar-refractivity contribution < 1.29 is 13.3 Å². The van der Waals surface area contributed by atoms with Crippen LogP contribution in [0, 0.1) is 18.6 Å². The normalized spacial score (nSPS) is 10.4. The first-order valence-corrected chi connectivity index (χ1v) is 4.63. The Labute approximate surface area is 90.3 Å². The van der Waals surface area contributed by atoms with Gasteiger partial charge in [0, 0.05) is 6.92 Å². The summed E-state index contributed by atoms with van der Waals surface area (Å²) < 4.78 is 30.7. The zero-order chi connectivity index (χ0) is 11.5. The maximum atomic E-state index is 13.2. The lowest BCUT2D eigenvalue weighted by Gasteiger charge is -2.04. The van der Waals surface area contributed by atoms with Crippen LogP contribution >= 0.6 is 0 Å². The zero-order valence-electron chi connectivity index (χ0n) is 8.50. The molecular formula is C10H9F2N3O. The van der Waals surface area contributed by atoms with E-state index in [9.17, 15) is 8.78 Å². The maximum Gasteiger partial charge on any atom is 0.223 e. The lowest BCUT2D eigenvalue weighted by molar-refractivity contribution is 0.388. The van der Waals surface area contributed by atoms with Gasteiger partial charge in [-0.15, -0.1) is 0 Å². The van der Waals surface area contributed by atoms with Crippen LogP contribution in [0.2, 0.25) is 0 Å². The lowest BCUT2D eigenvalue weighted by atomic mass is 10.3. The van der Waals surface area contributed by atoms with Gasteiger partial charge in [-0.25, -0.2) is 8.78 Å². The van der Waals surface area contributed by atoms with Crippen LogP contribution in [-0.4, -0.2) is 10.1 Å². The molecule has 0 aliphatic rings. The third kappa shape index (κ3) is 2.33. The average molecular weight is 225 g/mol. The minimum Gasteiger partial charge on any atom is -0.375 e. The third-order valence-electron chi connectivity index (χ3n) is 1.93. The molecule has 2 aromatic rings. The first-order valence-electron chi connectivity index (χ1n) is 4.63. The molecule has 2 rings (SSSR count). The van der Waals surface area contributed by atoms with Crippen LogP contribution in [0.25, 0.3) is 0 Å². The molecule has 1 aromatic carbocycles. The third-order valence-corrected chi connectivity index (χ3v) is 1.93. The summed E-state index contributed by atoms with van der Waals surface area (Å²) in [7, 11) is 0. The van der Waals surface area contributed by atoms with Gasteiger partial charge in [-0.1, -0.05) is 5.16 Å². The monoisotopic (exact) mass is 225 g/mol. The fourth-order valence-electron chi connectivity index (χ4n) is 1.22. The Morgan fingerprint density at radius 2 is 2.19 bits per heavy atom. The highest BCUT2D eigenvalue weighted by atomic mass is 19.1. The molecule has 0 atom stereocenters. The minimum absolute atomic E-state index is 0.0717. The summed E-state index contributed by atoms with van der Waals surface area (Å²) in [6, 6.07) is 3.18. The minimum atomic E-state index is -0.526. The number of halogens is 2. The van der Waals surface area contributed by atoms with E-state index < -0.39 is 11.6 Å². The molecule has 0 spiro atoms. The summed E-state index contributed by atoms with van der Waals surface area (Å²) in [6.45, 7) is 1.83. The van der Waals surface area contributed by atoms with Crippen molar-refractivity contribution in [1.29, 1.82) is 0 Å². The summed E-state index contributed by atoms with van der Waals surface area (Å²) in [4.78, 5) is 3.92. The number of aryl methyl sites for hydroxylation is 1. The largest absolute Gasteiger partial charge is 0.375 e. The van der Waals surface area contributed by atoms with Crippen LogP contribution in [-0.2, 0) is 6.54 Å². The van der Waals surface area contributed by atoms with Crippen LogP contribution in [0.15, 0.2) is 22.7 Å². The lowest BCUT2D eigenvalue weighted by Crippen LogP contribution is -2.03. The first-order chi connectivity index (χ1) is 7.65. The Hall–Kier alpha value is -1.98. The highest BCUT2D eigenvalue weighted by Crippen LogP contribution is 2.15. The van der Waals surface area contributed by atoms with Crippen LogP contribution < -0.4 is 5.32 Å². The van der Waals surface area contributed by atoms with Gasteiger partial charge in [0.1, 0.15) is 11.6 Å². The number of nitrogens with zero attached hydrogens (tertiary/aromatic N) is 2. The number of aromatic nitrogens is 2. The predicted octanol–water partition coefficient (Wildman–Crippen LogP) is 2.27. The fourth-order valence-corrected chi connectivity index (χ4v) is 1.22. The van der Waals surface area contributed by atoms with Gasteiger partial charge in [0.05, 0.1) is 12.2 Å². The molecule has 0 radical (unpaired) electrons. The van der Waals surface area contributed by atoms with Gasteiger partial charge in [-0.2, -0.15) is 4.98 Å². The van der Waals surface area contributed by atoms with Gasteiger partial charge < -0.3 is 9.84 Å². The number of benzene rings is 1. The molecule has 1 heterocycles. The van der Waals surface area contributed by atoms with Crippen molar-refractivity contribution >= 4 is 5.69 Å². The number of hydrogen-bond acceptors (Lipinski definition) is 4. The Morgan fingerprint density at radius 3 is 2.88 bits per heavy atom. The van der Waals surface area contributed by atoms with Crippen molar-refractivity contribution in [2.24, 2.45) is 0 Å². The van der Waals surface area contributed by atoms with E-state index >= 15 is 0 Å². The molecule has 0 saturated carbocycles. The van der Waals surface area contributed by atoms with E-state index in [0.29, 0.717) is 11.7 Å². The smallest absolute Gasteiger partial charge is 0.223 e. The maximum absolute atomic E-state index is 13.2. The van der Waals surface area contributed by atoms with Crippen molar-refractivity contribution in [1.82, 2.24) is 10.1 Å². The molecule has 1 aromatic heterocycles. The SMILES string of the molecule is Cc1nc(CNc2cc(F)ccc2F)no1. The molecular weight excluding hydrogens is 216 g/mol. The molecule has 1 N–H and O–H groups in total. The van der Waals surface area contributed by atoms with E-state index in [1.54, 1.807) is 6.92 Å². The first kappa shape index (κ1) is 10.5. The summed E-state index contributed by atoms with van der Waals surface area (Å²) in [5.41, 5.74) is 0.0717. The van der Waals surface area contributed by atoms with E-state index in [2.05, 4.69) is 15.5 Å². The Balaban J connectivity index is 2.07. The molecule has 84 valence electrons. The van der Waals surface area contributed by atoms with Crippen LogP contribution in [0.3, 0.4) is 0 Å². The molecule has 6 heteroatoms. The summed E-state index contributed by atoms with van der Waals surface area (Å²) >= 11 is 0. The second-order valence-electron chi connectivity index (χ2n) is 3.21. The molecule has 0 unspecified atom stereocenters. The molecule has 0 aliphatic heterocycles.